The number of anilines is 1. The van der Waals surface area contributed by atoms with E-state index in [9.17, 15) is 14.0 Å². The molecule has 0 saturated carbocycles. The third kappa shape index (κ3) is 4.40. The van der Waals surface area contributed by atoms with E-state index in [1.165, 1.54) is 48.1 Å². The second-order valence-electron chi connectivity index (χ2n) is 6.02. The number of likely N-dealkylation sites (N-methyl/N-ethyl adjacent to an activating group) is 1. The Kier molecular flexibility index (Phi) is 6.10. The summed E-state index contributed by atoms with van der Waals surface area (Å²) >= 11 is 1.42. The van der Waals surface area contributed by atoms with E-state index in [0.717, 1.165) is 5.69 Å². The van der Waals surface area contributed by atoms with Gasteiger partial charge in [-0.1, -0.05) is 36.0 Å². The lowest BCUT2D eigenvalue weighted by molar-refractivity contribution is -0.116. The molecule has 1 heterocycles. The van der Waals surface area contributed by atoms with E-state index in [-0.39, 0.29) is 12.5 Å². The summed E-state index contributed by atoms with van der Waals surface area (Å²) in [6, 6.07) is 15.0. The first-order valence-electron chi connectivity index (χ1n) is 8.47. The van der Waals surface area contributed by atoms with Crippen molar-refractivity contribution in [3.8, 4) is 5.69 Å². The average Bonchev–Trinajstić information content (AvgIpc) is 3.12. The van der Waals surface area contributed by atoms with Gasteiger partial charge in [0.1, 0.15) is 11.5 Å². The number of amides is 2. The van der Waals surface area contributed by atoms with Gasteiger partial charge in [0.2, 0.25) is 5.91 Å². The number of nitrogens with one attached hydrogen (secondary N) is 1. The van der Waals surface area contributed by atoms with Gasteiger partial charge in [0.15, 0.2) is 5.16 Å². The molecule has 3 rings (SSSR count). The van der Waals surface area contributed by atoms with Gasteiger partial charge in [-0.15, -0.1) is 0 Å². The van der Waals surface area contributed by atoms with Crippen molar-refractivity contribution in [3.05, 3.63) is 72.3 Å². The van der Waals surface area contributed by atoms with Gasteiger partial charge in [0.25, 0.3) is 5.91 Å². The zero-order chi connectivity index (χ0) is 20.1. The largest absolute Gasteiger partial charge is 0.331 e. The van der Waals surface area contributed by atoms with Crippen molar-refractivity contribution < 1.29 is 14.0 Å². The van der Waals surface area contributed by atoms with Crippen molar-refractivity contribution in [2.24, 2.45) is 0 Å². The molecule has 0 atom stereocenters. The summed E-state index contributed by atoms with van der Waals surface area (Å²) in [6.45, 7) is -0.177. The summed E-state index contributed by atoms with van der Waals surface area (Å²) in [5, 5.41) is 3.26. The molecule has 0 bridgehead atoms. The predicted octanol–water partition coefficient (Wildman–Crippen LogP) is 3.44. The van der Waals surface area contributed by atoms with Crippen molar-refractivity contribution in [3.63, 3.8) is 0 Å². The molecule has 3 aromatic rings. The number of rotatable bonds is 6. The van der Waals surface area contributed by atoms with Crippen LogP contribution in [0, 0.1) is 5.82 Å². The Balaban J connectivity index is 1.77. The van der Waals surface area contributed by atoms with Gasteiger partial charge in [-0.25, -0.2) is 9.37 Å². The fourth-order valence-corrected chi connectivity index (χ4v) is 3.25. The molecule has 1 N–H and O–H groups in total. The van der Waals surface area contributed by atoms with E-state index in [2.05, 4.69) is 10.3 Å². The number of carbonyl (C=O) groups excluding carboxylic acids is 2. The number of imidazole rings is 1. The number of halogens is 1. The molecule has 0 saturated heterocycles. The number of hydrogen-bond donors (Lipinski definition) is 1. The lowest BCUT2D eigenvalue weighted by Crippen LogP contribution is -2.35. The van der Waals surface area contributed by atoms with Crippen LogP contribution in [-0.4, -0.2) is 46.1 Å². The summed E-state index contributed by atoms with van der Waals surface area (Å²) in [7, 11) is 1.54. The number of carbonyl (C=O) groups is 2. The van der Waals surface area contributed by atoms with Crippen LogP contribution in [0.1, 0.15) is 10.5 Å². The minimum absolute atomic E-state index is 0.177. The molecule has 0 aliphatic carbocycles. The molecule has 0 spiro atoms. The Hall–Kier alpha value is -3.13. The molecule has 8 heteroatoms. The van der Waals surface area contributed by atoms with Gasteiger partial charge in [-0.05, 0) is 36.6 Å². The van der Waals surface area contributed by atoms with Crippen molar-refractivity contribution in [2.75, 3.05) is 25.2 Å². The Morgan fingerprint density at radius 1 is 1.18 bits per heavy atom. The highest BCUT2D eigenvalue weighted by molar-refractivity contribution is 7.98. The molecule has 0 aliphatic heterocycles. The van der Waals surface area contributed by atoms with Gasteiger partial charge in [0.05, 0.1) is 12.7 Å². The Morgan fingerprint density at radius 2 is 1.93 bits per heavy atom. The number of thioether (sulfide) groups is 1. The van der Waals surface area contributed by atoms with Crippen molar-refractivity contribution in [2.45, 2.75) is 5.16 Å². The summed E-state index contributed by atoms with van der Waals surface area (Å²) in [4.78, 5) is 30.8. The topological polar surface area (TPSA) is 67.2 Å². The maximum atomic E-state index is 13.2. The summed E-state index contributed by atoms with van der Waals surface area (Å²) in [6.07, 6.45) is 3.38. The van der Waals surface area contributed by atoms with E-state index in [1.807, 2.05) is 36.6 Å². The number of aromatic nitrogens is 2. The zero-order valence-electron chi connectivity index (χ0n) is 15.4. The van der Waals surface area contributed by atoms with E-state index in [1.54, 1.807) is 10.6 Å². The minimum atomic E-state index is -0.446. The third-order valence-electron chi connectivity index (χ3n) is 3.98. The SMILES string of the molecule is CSc1ncc(C(=O)N(C)CC(=O)Nc2cccc(F)c2)n1-c1ccccc1. The molecule has 1 aromatic heterocycles. The van der Waals surface area contributed by atoms with Crippen LogP contribution < -0.4 is 5.32 Å². The fourth-order valence-electron chi connectivity index (χ4n) is 2.71. The van der Waals surface area contributed by atoms with Crippen LogP contribution in [0.4, 0.5) is 10.1 Å². The van der Waals surface area contributed by atoms with Crippen molar-refractivity contribution in [1.82, 2.24) is 14.5 Å². The molecule has 2 amide bonds. The summed E-state index contributed by atoms with van der Waals surface area (Å²) < 4.78 is 15.0. The van der Waals surface area contributed by atoms with Crippen molar-refractivity contribution >= 4 is 29.3 Å². The quantitative estimate of drug-likeness (QED) is 0.646. The predicted molar refractivity (Wildman–Crippen MR) is 107 cm³/mol. The van der Waals surface area contributed by atoms with E-state index >= 15 is 0 Å². The summed E-state index contributed by atoms with van der Waals surface area (Å²) in [5.41, 5.74) is 1.51. The molecule has 144 valence electrons. The Labute approximate surface area is 166 Å². The molecule has 6 nitrogen and oxygen atoms in total. The minimum Gasteiger partial charge on any atom is -0.331 e. The second-order valence-corrected chi connectivity index (χ2v) is 6.79. The number of benzene rings is 2. The van der Waals surface area contributed by atoms with Gasteiger partial charge in [-0.3, -0.25) is 14.2 Å². The lowest BCUT2D eigenvalue weighted by Gasteiger charge is -2.18. The van der Waals surface area contributed by atoms with Gasteiger partial charge < -0.3 is 10.2 Å². The van der Waals surface area contributed by atoms with Crippen LogP contribution in [0.25, 0.3) is 5.69 Å². The van der Waals surface area contributed by atoms with Crippen LogP contribution in [0.3, 0.4) is 0 Å². The molecule has 2 aromatic carbocycles. The second kappa shape index (κ2) is 8.71. The lowest BCUT2D eigenvalue weighted by atomic mass is 10.3. The molecular weight excluding hydrogens is 379 g/mol. The highest BCUT2D eigenvalue weighted by atomic mass is 32.2. The van der Waals surface area contributed by atoms with Gasteiger partial charge in [-0.2, -0.15) is 0 Å². The number of nitrogens with zero attached hydrogens (tertiary/aromatic N) is 3. The summed E-state index contributed by atoms with van der Waals surface area (Å²) in [5.74, 6) is -1.21. The Bertz CT molecular complexity index is 991. The van der Waals surface area contributed by atoms with E-state index in [4.69, 9.17) is 0 Å². The fraction of sp³-hybridized carbons (Fsp3) is 0.150. The molecule has 0 radical (unpaired) electrons. The molecular formula is C20H19FN4O2S. The van der Waals surface area contributed by atoms with Gasteiger partial charge >= 0.3 is 0 Å². The normalized spacial score (nSPS) is 10.5. The standard InChI is InChI=1S/C20H19FN4O2S/c1-24(13-18(26)23-15-8-6-7-14(21)11-15)19(27)17-12-22-20(28-2)25(17)16-9-4-3-5-10-16/h3-12H,13H2,1-2H3,(H,23,26). The Morgan fingerprint density at radius 3 is 2.61 bits per heavy atom. The highest BCUT2D eigenvalue weighted by Crippen LogP contribution is 2.22. The highest BCUT2D eigenvalue weighted by Gasteiger charge is 2.22. The monoisotopic (exact) mass is 398 g/mol. The maximum absolute atomic E-state index is 13.2. The zero-order valence-corrected chi connectivity index (χ0v) is 16.2. The molecule has 0 unspecified atom stereocenters. The molecule has 0 aliphatic rings. The van der Waals surface area contributed by atoms with Crippen LogP contribution in [-0.2, 0) is 4.79 Å². The number of hydrogen-bond acceptors (Lipinski definition) is 4. The van der Waals surface area contributed by atoms with Crippen LogP contribution in [0.5, 0.6) is 0 Å². The first kappa shape index (κ1) is 19.6. The van der Waals surface area contributed by atoms with E-state index < -0.39 is 11.7 Å². The van der Waals surface area contributed by atoms with E-state index in [0.29, 0.717) is 16.5 Å². The van der Waals surface area contributed by atoms with Crippen LogP contribution in [0.2, 0.25) is 0 Å². The average molecular weight is 398 g/mol. The smallest absolute Gasteiger partial charge is 0.272 e. The van der Waals surface area contributed by atoms with Crippen LogP contribution >= 0.6 is 11.8 Å². The third-order valence-corrected chi connectivity index (χ3v) is 4.63. The van der Waals surface area contributed by atoms with Gasteiger partial charge in [0, 0.05) is 18.4 Å². The maximum Gasteiger partial charge on any atom is 0.272 e. The molecule has 28 heavy (non-hydrogen) atoms. The first-order chi connectivity index (χ1) is 13.5. The van der Waals surface area contributed by atoms with Crippen molar-refractivity contribution in [1.29, 1.82) is 0 Å². The molecule has 0 fully saturated rings. The first-order valence-corrected chi connectivity index (χ1v) is 9.70. The number of para-hydroxylation sites is 1. The van der Waals surface area contributed by atoms with Crippen LogP contribution in [0.15, 0.2) is 66.0 Å².